The summed E-state index contributed by atoms with van der Waals surface area (Å²) in [6.07, 6.45) is 7.25. The van der Waals surface area contributed by atoms with Crippen LogP contribution in [-0.2, 0) is 0 Å². The van der Waals surface area contributed by atoms with Crippen LogP contribution in [0.1, 0.15) is 46.0 Å². The molecule has 1 heterocycles. The second-order valence-corrected chi connectivity index (χ2v) is 4.28. The van der Waals surface area contributed by atoms with Crippen molar-refractivity contribution in [2.24, 2.45) is 0 Å². The van der Waals surface area contributed by atoms with Crippen LogP contribution >= 0.6 is 0 Å². The Morgan fingerprint density at radius 3 is 2.36 bits per heavy atom. The molecule has 1 heteroatoms. The van der Waals surface area contributed by atoms with Gasteiger partial charge in [0.2, 0.25) is 0 Å². The summed E-state index contributed by atoms with van der Waals surface area (Å²) >= 11 is 0. The van der Waals surface area contributed by atoms with E-state index in [-0.39, 0.29) is 0 Å². The highest BCUT2D eigenvalue weighted by Gasteiger charge is 2.49. The lowest BCUT2D eigenvalue weighted by Gasteiger charge is -2.61. The number of likely N-dealkylation sites (tertiary alicyclic amines) is 1. The van der Waals surface area contributed by atoms with Crippen LogP contribution in [0.2, 0.25) is 0 Å². The van der Waals surface area contributed by atoms with Crippen LogP contribution in [0.15, 0.2) is 0 Å². The molecule has 0 N–H and O–H groups in total. The van der Waals surface area contributed by atoms with Gasteiger partial charge in [0.25, 0.3) is 0 Å². The zero-order chi connectivity index (χ0) is 7.90. The first-order valence-electron chi connectivity index (χ1n) is 5.05. The van der Waals surface area contributed by atoms with Crippen molar-refractivity contribution in [1.29, 1.82) is 0 Å². The largest absolute Gasteiger partial charge is 0.295 e. The molecule has 0 aromatic rings. The fourth-order valence-corrected chi connectivity index (χ4v) is 2.59. The van der Waals surface area contributed by atoms with E-state index in [4.69, 9.17) is 0 Å². The van der Waals surface area contributed by atoms with Crippen LogP contribution in [0.4, 0.5) is 0 Å². The standard InChI is InChI=1S/C10H19N/c1-3-9(2)11-8-7-10(11)5-4-6-10/h9H,3-8H2,1-2H3. The van der Waals surface area contributed by atoms with Crippen molar-refractivity contribution in [3.8, 4) is 0 Å². The molecule has 2 rings (SSSR count). The Hall–Kier alpha value is -0.0400. The van der Waals surface area contributed by atoms with Crippen LogP contribution in [0.5, 0.6) is 0 Å². The first-order chi connectivity index (χ1) is 5.28. The van der Waals surface area contributed by atoms with Crippen LogP contribution in [0, 0.1) is 0 Å². The molecule has 1 saturated heterocycles. The Kier molecular flexibility index (Phi) is 1.71. The summed E-state index contributed by atoms with van der Waals surface area (Å²) in [5.41, 5.74) is 0.718. The lowest BCUT2D eigenvalue weighted by molar-refractivity contribution is -0.0974. The SMILES string of the molecule is CCC(C)N1CCC12CCC2. The average molecular weight is 153 g/mol. The molecule has 2 fully saturated rings. The van der Waals surface area contributed by atoms with E-state index in [0.29, 0.717) is 0 Å². The predicted molar refractivity (Wildman–Crippen MR) is 47.7 cm³/mol. The summed E-state index contributed by atoms with van der Waals surface area (Å²) in [6, 6.07) is 0.837. The molecule has 1 nitrogen and oxygen atoms in total. The molecular weight excluding hydrogens is 134 g/mol. The van der Waals surface area contributed by atoms with E-state index < -0.39 is 0 Å². The molecule has 64 valence electrons. The molecule has 1 spiro atoms. The van der Waals surface area contributed by atoms with E-state index in [2.05, 4.69) is 18.7 Å². The number of rotatable bonds is 2. The van der Waals surface area contributed by atoms with Crippen molar-refractivity contribution < 1.29 is 0 Å². The van der Waals surface area contributed by atoms with E-state index in [9.17, 15) is 0 Å². The molecule has 0 aromatic heterocycles. The zero-order valence-electron chi connectivity index (χ0n) is 7.77. The molecule has 2 aliphatic rings. The third-order valence-corrected chi connectivity index (χ3v) is 3.83. The van der Waals surface area contributed by atoms with Crippen LogP contribution in [0.3, 0.4) is 0 Å². The van der Waals surface area contributed by atoms with Crippen LogP contribution < -0.4 is 0 Å². The van der Waals surface area contributed by atoms with E-state index in [1.165, 1.54) is 38.6 Å². The first-order valence-corrected chi connectivity index (χ1v) is 5.05. The summed E-state index contributed by atoms with van der Waals surface area (Å²) in [5.74, 6) is 0. The minimum Gasteiger partial charge on any atom is -0.295 e. The molecule has 1 aliphatic carbocycles. The fraction of sp³-hybridized carbons (Fsp3) is 1.00. The molecule has 1 unspecified atom stereocenters. The van der Waals surface area contributed by atoms with Gasteiger partial charge in [-0.05, 0) is 39.0 Å². The van der Waals surface area contributed by atoms with Crippen molar-refractivity contribution in [1.82, 2.24) is 4.90 Å². The Morgan fingerprint density at radius 1 is 1.36 bits per heavy atom. The molecule has 1 atom stereocenters. The van der Waals surface area contributed by atoms with Crippen molar-refractivity contribution >= 4 is 0 Å². The Balaban J connectivity index is 1.94. The van der Waals surface area contributed by atoms with Gasteiger partial charge in [-0.15, -0.1) is 0 Å². The average Bonchev–Trinajstić information content (AvgIpc) is 1.82. The number of hydrogen-bond donors (Lipinski definition) is 0. The van der Waals surface area contributed by atoms with Gasteiger partial charge in [0, 0.05) is 18.1 Å². The maximum absolute atomic E-state index is 2.73. The minimum atomic E-state index is 0.718. The highest BCUT2D eigenvalue weighted by molar-refractivity contribution is 5.06. The minimum absolute atomic E-state index is 0.718. The van der Waals surface area contributed by atoms with E-state index in [1.807, 2.05) is 0 Å². The first kappa shape index (κ1) is 7.60. The van der Waals surface area contributed by atoms with E-state index in [1.54, 1.807) is 0 Å². The molecule has 11 heavy (non-hydrogen) atoms. The quantitative estimate of drug-likeness (QED) is 0.589. The Morgan fingerprint density at radius 2 is 2.09 bits per heavy atom. The van der Waals surface area contributed by atoms with Crippen molar-refractivity contribution in [3.63, 3.8) is 0 Å². The van der Waals surface area contributed by atoms with Gasteiger partial charge in [-0.25, -0.2) is 0 Å². The van der Waals surface area contributed by atoms with E-state index >= 15 is 0 Å². The zero-order valence-corrected chi connectivity index (χ0v) is 7.77. The van der Waals surface area contributed by atoms with Crippen LogP contribution in [-0.4, -0.2) is 23.0 Å². The summed E-state index contributed by atoms with van der Waals surface area (Å²) in [5, 5.41) is 0. The fourth-order valence-electron chi connectivity index (χ4n) is 2.59. The van der Waals surface area contributed by atoms with Gasteiger partial charge in [-0.3, -0.25) is 4.90 Å². The molecule has 0 radical (unpaired) electrons. The van der Waals surface area contributed by atoms with Gasteiger partial charge in [0.15, 0.2) is 0 Å². The summed E-state index contributed by atoms with van der Waals surface area (Å²) < 4.78 is 0. The van der Waals surface area contributed by atoms with Gasteiger partial charge >= 0.3 is 0 Å². The Labute approximate surface area is 69.8 Å². The van der Waals surface area contributed by atoms with Crippen molar-refractivity contribution in [2.45, 2.75) is 57.5 Å². The number of nitrogens with zero attached hydrogens (tertiary/aromatic N) is 1. The van der Waals surface area contributed by atoms with Gasteiger partial charge in [-0.1, -0.05) is 6.92 Å². The topological polar surface area (TPSA) is 3.24 Å². The second-order valence-electron chi connectivity index (χ2n) is 4.28. The highest BCUT2D eigenvalue weighted by Crippen LogP contribution is 2.48. The lowest BCUT2D eigenvalue weighted by atomic mass is 9.67. The second kappa shape index (κ2) is 2.48. The molecule has 0 bridgehead atoms. The van der Waals surface area contributed by atoms with E-state index in [0.717, 1.165) is 11.6 Å². The van der Waals surface area contributed by atoms with Crippen molar-refractivity contribution in [2.75, 3.05) is 6.54 Å². The molecule has 0 aromatic carbocycles. The summed E-state index contributed by atoms with van der Waals surface area (Å²) in [6.45, 7) is 6.05. The third kappa shape index (κ3) is 0.936. The molecule has 1 aliphatic heterocycles. The number of hydrogen-bond acceptors (Lipinski definition) is 1. The van der Waals surface area contributed by atoms with Gasteiger partial charge in [-0.2, -0.15) is 0 Å². The van der Waals surface area contributed by atoms with Gasteiger partial charge in [0.05, 0.1) is 0 Å². The highest BCUT2D eigenvalue weighted by atomic mass is 15.3. The molecular formula is C10H19N. The Bertz CT molecular complexity index is 143. The molecule has 1 saturated carbocycles. The van der Waals surface area contributed by atoms with Crippen molar-refractivity contribution in [3.05, 3.63) is 0 Å². The normalized spacial score (nSPS) is 31.1. The lowest BCUT2D eigenvalue weighted by Crippen LogP contribution is -2.66. The smallest absolute Gasteiger partial charge is 0.0224 e. The third-order valence-electron chi connectivity index (χ3n) is 3.83. The summed E-state index contributed by atoms with van der Waals surface area (Å²) in [4.78, 5) is 2.73. The summed E-state index contributed by atoms with van der Waals surface area (Å²) in [7, 11) is 0. The predicted octanol–water partition coefficient (Wildman–Crippen LogP) is 2.41. The van der Waals surface area contributed by atoms with Gasteiger partial charge in [0.1, 0.15) is 0 Å². The maximum atomic E-state index is 2.73. The molecule has 0 amide bonds. The van der Waals surface area contributed by atoms with Crippen LogP contribution in [0.25, 0.3) is 0 Å². The maximum Gasteiger partial charge on any atom is 0.0224 e. The monoisotopic (exact) mass is 153 g/mol. The van der Waals surface area contributed by atoms with Gasteiger partial charge < -0.3 is 0 Å².